The topological polar surface area (TPSA) is 27.0 Å². The second-order valence-corrected chi connectivity index (χ2v) is 7.65. The van der Waals surface area contributed by atoms with E-state index >= 15 is 0 Å². The third-order valence-corrected chi connectivity index (χ3v) is 5.30. The van der Waals surface area contributed by atoms with Crippen molar-refractivity contribution in [3.8, 4) is 17.9 Å². The molecule has 0 heterocycles. The van der Waals surface area contributed by atoms with Gasteiger partial charge in [-0.05, 0) is 41.0 Å². The molecule has 4 aromatic rings. The van der Waals surface area contributed by atoms with Crippen molar-refractivity contribution in [2.24, 2.45) is 0 Å². The van der Waals surface area contributed by atoms with E-state index in [1.54, 1.807) is 0 Å². The van der Waals surface area contributed by atoms with Gasteiger partial charge in [0.05, 0.1) is 17.7 Å². The Labute approximate surface area is 190 Å². The Bertz CT molecular complexity index is 1170. The summed E-state index contributed by atoms with van der Waals surface area (Å²) in [5, 5.41) is 9.23. The SMILES string of the molecule is N#Cc1ccc(C(C#Cc2ccccc2)N(Cc2ccccc2)Cc2ccccc2)cc1. The summed E-state index contributed by atoms with van der Waals surface area (Å²) in [4.78, 5) is 2.39. The highest BCUT2D eigenvalue weighted by Crippen LogP contribution is 2.25. The van der Waals surface area contributed by atoms with E-state index in [1.807, 2.05) is 66.7 Å². The zero-order valence-electron chi connectivity index (χ0n) is 17.9. The first-order chi connectivity index (χ1) is 15.8. The summed E-state index contributed by atoms with van der Waals surface area (Å²) < 4.78 is 0. The van der Waals surface area contributed by atoms with Gasteiger partial charge in [0.25, 0.3) is 0 Å². The highest BCUT2D eigenvalue weighted by molar-refractivity contribution is 5.40. The van der Waals surface area contributed by atoms with E-state index < -0.39 is 0 Å². The molecule has 1 atom stereocenters. The molecule has 2 heteroatoms. The van der Waals surface area contributed by atoms with Gasteiger partial charge in [-0.3, -0.25) is 4.90 Å². The van der Waals surface area contributed by atoms with E-state index in [9.17, 15) is 5.26 Å². The van der Waals surface area contributed by atoms with Crippen LogP contribution < -0.4 is 0 Å². The smallest absolute Gasteiger partial charge is 0.0991 e. The first kappa shape index (κ1) is 21.1. The quantitative estimate of drug-likeness (QED) is 0.345. The van der Waals surface area contributed by atoms with Crippen LogP contribution in [0.1, 0.15) is 33.9 Å². The number of benzene rings is 4. The molecule has 0 radical (unpaired) electrons. The standard InChI is InChI=1S/C30H24N2/c31-22-26-16-19-29(20-17-26)30(21-18-25-10-4-1-5-11-25)32(23-27-12-6-2-7-13-27)24-28-14-8-3-9-15-28/h1-17,19-20,30H,23-24H2. The normalized spacial score (nSPS) is 11.2. The molecule has 0 bridgehead atoms. The van der Waals surface area contributed by atoms with Crippen molar-refractivity contribution in [2.45, 2.75) is 19.1 Å². The molecular formula is C30H24N2. The minimum atomic E-state index is -0.122. The van der Waals surface area contributed by atoms with Gasteiger partial charge in [0.15, 0.2) is 0 Å². The fourth-order valence-electron chi connectivity index (χ4n) is 3.67. The summed E-state index contributed by atoms with van der Waals surface area (Å²) in [5.74, 6) is 6.89. The van der Waals surface area contributed by atoms with Gasteiger partial charge < -0.3 is 0 Å². The van der Waals surface area contributed by atoms with Gasteiger partial charge in [0, 0.05) is 18.7 Å². The van der Waals surface area contributed by atoms with Crippen molar-refractivity contribution < 1.29 is 0 Å². The Morgan fingerprint density at radius 1 is 0.594 bits per heavy atom. The fraction of sp³-hybridized carbons (Fsp3) is 0.100. The number of rotatable bonds is 6. The van der Waals surface area contributed by atoms with Gasteiger partial charge in [-0.15, -0.1) is 0 Å². The Balaban J connectivity index is 1.75. The van der Waals surface area contributed by atoms with E-state index in [4.69, 9.17) is 0 Å². The molecule has 0 aliphatic carbocycles. The summed E-state index contributed by atoms with van der Waals surface area (Å²) in [7, 11) is 0. The second-order valence-electron chi connectivity index (χ2n) is 7.65. The monoisotopic (exact) mass is 412 g/mol. The van der Waals surface area contributed by atoms with Crippen LogP contribution in [0.25, 0.3) is 0 Å². The maximum Gasteiger partial charge on any atom is 0.0991 e. The lowest BCUT2D eigenvalue weighted by atomic mass is 10.0. The van der Waals surface area contributed by atoms with Crippen LogP contribution in [-0.2, 0) is 13.1 Å². The Morgan fingerprint density at radius 2 is 1.09 bits per heavy atom. The fourth-order valence-corrected chi connectivity index (χ4v) is 3.67. The van der Waals surface area contributed by atoms with Crippen LogP contribution in [0.3, 0.4) is 0 Å². The van der Waals surface area contributed by atoms with Crippen LogP contribution in [0.5, 0.6) is 0 Å². The lowest BCUT2D eigenvalue weighted by Crippen LogP contribution is -2.27. The van der Waals surface area contributed by atoms with E-state index in [1.165, 1.54) is 11.1 Å². The Morgan fingerprint density at radius 3 is 1.59 bits per heavy atom. The zero-order valence-corrected chi connectivity index (χ0v) is 17.9. The summed E-state index contributed by atoms with van der Waals surface area (Å²) in [5.41, 5.74) is 5.21. The summed E-state index contributed by atoms with van der Waals surface area (Å²) in [6, 6.07) is 40.9. The molecule has 0 amide bonds. The van der Waals surface area contributed by atoms with Gasteiger partial charge in [-0.25, -0.2) is 0 Å². The molecule has 1 unspecified atom stereocenters. The molecule has 4 rings (SSSR count). The number of hydrogen-bond donors (Lipinski definition) is 0. The number of nitriles is 1. The van der Waals surface area contributed by atoms with E-state index in [0.29, 0.717) is 5.56 Å². The van der Waals surface area contributed by atoms with E-state index in [-0.39, 0.29) is 6.04 Å². The van der Waals surface area contributed by atoms with Crippen molar-refractivity contribution in [1.29, 1.82) is 5.26 Å². The molecule has 154 valence electrons. The Hall–Kier alpha value is -4.11. The molecule has 0 aromatic heterocycles. The van der Waals surface area contributed by atoms with Crippen molar-refractivity contribution in [2.75, 3.05) is 0 Å². The second kappa shape index (κ2) is 10.8. The number of hydrogen-bond acceptors (Lipinski definition) is 2. The molecule has 0 saturated carbocycles. The molecule has 0 aliphatic heterocycles. The van der Waals surface area contributed by atoms with Crippen LogP contribution in [-0.4, -0.2) is 4.90 Å². The summed E-state index contributed by atoms with van der Waals surface area (Å²) in [6.45, 7) is 1.54. The van der Waals surface area contributed by atoms with Crippen molar-refractivity contribution in [3.05, 3.63) is 143 Å². The van der Waals surface area contributed by atoms with Crippen LogP contribution in [0.15, 0.2) is 115 Å². The average molecular weight is 413 g/mol. The van der Waals surface area contributed by atoms with Crippen LogP contribution in [0, 0.1) is 23.2 Å². The molecule has 32 heavy (non-hydrogen) atoms. The van der Waals surface area contributed by atoms with Gasteiger partial charge in [0.1, 0.15) is 0 Å². The van der Waals surface area contributed by atoms with Gasteiger partial charge in [0.2, 0.25) is 0 Å². The van der Waals surface area contributed by atoms with Gasteiger partial charge >= 0.3 is 0 Å². The molecule has 0 spiro atoms. The maximum absolute atomic E-state index is 9.23. The van der Waals surface area contributed by atoms with Crippen LogP contribution in [0.4, 0.5) is 0 Å². The minimum absolute atomic E-state index is 0.122. The highest BCUT2D eigenvalue weighted by Gasteiger charge is 2.19. The average Bonchev–Trinajstić information content (AvgIpc) is 2.86. The lowest BCUT2D eigenvalue weighted by Gasteiger charge is -2.29. The van der Waals surface area contributed by atoms with Crippen molar-refractivity contribution >= 4 is 0 Å². The van der Waals surface area contributed by atoms with E-state index in [0.717, 1.165) is 24.2 Å². The molecule has 0 aliphatic rings. The lowest BCUT2D eigenvalue weighted by molar-refractivity contribution is 0.219. The van der Waals surface area contributed by atoms with Crippen molar-refractivity contribution in [1.82, 2.24) is 4.90 Å². The Kier molecular flexibility index (Phi) is 7.12. The highest BCUT2D eigenvalue weighted by atomic mass is 15.1. The largest absolute Gasteiger partial charge is 0.277 e. The predicted molar refractivity (Wildman–Crippen MR) is 129 cm³/mol. The minimum Gasteiger partial charge on any atom is -0.277 e. The third-order valence-electron chi connectivity index (χ3n) is 5.30. The molecule has 0 N–H and O–H groups in total. The van der Waals surface area contributed by atoms with Crippen LogP contribution >= 0.6 is 0 Å². The summed E-state index contributed by atoms with van der Waals surface area (Å²) in [6.07, 6.45) is 0. The molecule has 0 saturated heterocycles. The van der Waals surface area contributed by atoms with Gasteiger partial charge in [-0.1, -0.05) is 103 Å². The molecule has 4 aromatic carbocycles. The first-order valence-electron chi connectivity index (χ1n) is 10.7. The molecule has 0 fully saturated rings. The zero-order chi connectivity index (χ0) is 22.0. The van der Waals surface area contributed by atoms with Crippen molar-refractivity contribution in [3.63, 3.8) is 0 Å². The van der Waals surface area contributed by atoms with Crippen LogP contribution in [0.2, 0.25) is 0 Å². The van der Waals surface area contributed by atoms with Gasteiger partial charge in [-0.2, -0.15) is 5.26 Å². The first-order valence-corrected chi connectivity index (χ1v) is 10.7. The predicted octanol–water partition coefficient (Wildman–Crippen LogP) is 6.35. The summed E-state index contributed by atoms with van der Waals surface area (Å²) >= 11 is 0. The maximum atomic E-state index is 9.23. The van der Waals surface area contributed by atoms with E-state index in [2.05, 4.69) is 71.3 Å². The number of nitrogens with zero attached hydrogens (tertiary/aromatic N) is 2. The third kappa shape index (κ3) is 5.73. The molecule has 2 nitrogen and oxygen atoms in total. The molecular weight excluding hydrogens is 388 g/mol.